The lowest BCUT2D eigenvalue weighted by atomic mass is 9.75. The molecule has 0 amide bonds. The predicted octanol–water partition coefficient (Wildman–Crippen LogP) is 8.65. The SMILES string of the molecule is CCCCC1CCC(c2cc(F)c(C3CCc4cc(CCC)ccc4C3)c(F)c2)CC1. The summed E-state index contributed by atoms with van der Waals surface area (Å²) >= 11 is 0. The van der Waals surface area contributed by atoms with Crippen LogP contribution in [0.5, 0.6) is 0 Å². The van der Waals surface area contributed by atoms with Crippen molar-refractivity contribution in [2.45, 2.75) is 103 Å². The van der Waals surface area contributed by atoms with Gasteiger partial charge in [0.15, 0.2) is 0 Å². The Morgan fingerprint density at radius 3 is 2.23 bits per heavy atom. The second kappa shape index (κ2) is 10.3. The highest BCUT2D eigenvalue weighted by molar-refractivity contribution is 5.39. The van der Waals surface area contributed by atoms with Crippen molar-refractivity contribution < 1.29 is 8.78 Å². The summed E-state index contributed by atoms with van der Waals surface area (Å²) in [6.45, 7) is 4.44. The van der Waals surface area contributed by atoms with Crippen LogP contribution in [0.1, 0.15) is 111 Å². The first-order valence-corrected chi connectivity index (χ1v) is 12.7. The Kier molecular flexibility index (Phi) is 7.46. The van der Waals surface area contributed by atoms with Crippen molar-refractivity contribution in [1.82, 2.24) is 0 Å². The molecule has 2 aliphatic carbocycles. The van der Waals surface area contributed by atoms with Gasteiger partial charge in [-0.1, -0.05) is 57.7 Å². The Balaban J connectivity index is 1.46. The van der Waals surface area contributed by atoms with E-state index in [1.807, 2.05) is 0 Å². The minimum absolute atomic E-state index is 0.0524. The maximum Gasteiger partial charge on any atom is 0.129 e. The fraction of sp³-hybridized carbons (Fsp3) is 0.586. The fourth-order valence-corrected chi connectivity index (χ4v) is 6.01. The topological polar surface area (TPSA) is 0 Å². The molecule has 1 saturated carbocycles. The molecule has 0 saturated heterocycles. The molecule has 0 heterocycles. The summed E-state index contributed by atoms with van der Waals surface area (Å²) in [6, 6.07) is 10.0. The maximum absolute atomic E-state index is 15.2. The van der Waals surface area contributed by atoms with E-state index in [1.165, 1.54) is 48.8 Å². The molecule has 0 spiro atoms. The van der Waals surface area contributed by atoms with Gasteiger partial charge in [0, 0.05) is 5.56 Å². The standard InChI is InChI=1S/C29H38F2/c1-3-5-7-20-8-11-22(12-9-20)26-18-27(30)29(28(31)19-26)25-15-14-23-16-21(6-4-2)10-13-24(23)17-25/h10,13,16,18-20,22,25H,3-9,11-12,14-15,17H2,1-2H3. The Morgan fingerprint density at radius 2 is 1.55 bits per heavy atom. The highest BCUT2D eigenvalue weighted by atomic mass is 19.1. The molecular formula is C29H38F2. The molecule has 1 atom stereocenters. The molecule has 2 aromatic carbocycles. The third-order valence-electron chi connectivity index (χ3n) is 7.83. The molecule has 0 aliphatic heterocycles. The third kappa shape index (κ3) is 5.21. The number of aryl methyl sites for hydroxylation is 2. The van der Waals surface area contributed by atoms with Crippen LogP contribution in [0.4, 0.5) is 8.78 Å². The van der Waals surface area contributed by atoms with Crippen LogP contribution < -0.4 is 0 Å². The molecule has 0 aromatic heterocycles. The van der Waals surface area contributed by atoms with E-state index in [2.05, 4.69) is 32.0 Å². The minimum atomic E-state index is -0.320. The van der Waals surface area contributed by atoms with Crippen molar-refractivity contribution in [2.24, 2.45) is 5.92 Å². The van der Waals surface area contributed by atoms with Crippen LogP contribution in [0.2, 0.25) is 0 Å². The van der Waals surface area contributed by atoms with Gasteiger partial charge in [-0.2, -0.15) is 0 Å². The molecule has 168 valence electrons. The Bertz CT molecular complexity index is 853. The van der Waals surface area contributed by atoms with Gasteiger partial charge in [0.1, 0.15) is 11.6 Å². The van der Waals surface area contributed by atoms with E-state index in [0.717, 1.165) is 56.4 Å². The first kappa shape index (κ1) is 22.5. The number of halogens is 2. The average molecular weight is 425 g/mol. The van der Waals surface area contributed by atoms with Gasteiger partial charge in [-0.3, -0.25) is 0 Å². The van der Waals surface area contributed by atoms with E-state index in [1.54, 1.807) is 12.1 Å². The van der Waals surface area contributed by atoms with Crippen LogP contribution in [-0.2, 0) is 19.3 Å². The van der Waals surface area contributed by atoms with Gasteiger partial charge in [-0.15, -0.1) is 0 Å². The molecule has 1 unspecified atom stereocenters. The first-order valence-electron chi connectivity index (χ1n) is 12.7. The second-order valence-corrected chi connectivity index (χ2v) is 10.1. The molecule has 2 heteroatoms. The van der Waals surface area contributed by atoms with Crippen molar-refractivity contribution in [3.8, 4) is 0 Å². The van der Waals surface area contributed by atoms with Gasteiger partial charge in [0.05, 0.1) is 0 Å². The average Bonchev–Trinajstić information content (AvgIpc) is 2.78. The van der Waals surface area contributed by atoms with Gasteiger partial charge in [-0.05, 0) is 104 Å². The maximum atomic E-state index is 15.2. The summed E-state index contributed by atoms with van der Waals surface area (Å²) < 4.78 is 30.4. The molecule has 0 N–H and O–H groups in total. The van der Waals surface area contributed by atoms with Gasteiger partial charge in [0.25, 0.3) is 0 Å². The number of hydrogen-bond donors (Lipinski definition) is 0. The van der Waals surface area contributed by atoms with Crippen LogP contribution in [0.15, 0.2) is 30.3 Å². The van der Waals surface area contributed by atoms with Crippen LogP contribution in [0.25, 0.3) is 0 Å². The van der Waals surface area contributed by atoms with Crippen molar-refractivity contribution in [3.63, 3.8) is 0 Å². The molecule has 31 heavy (non-hydrogen) atoms. The van der Waals surface area contributed by atoms with Crippen molar-refractivity contribution in [2.75, 3.05) is 0 Å². The Labute approximate surface area is 187 Å². The number of unbranched alkanes of at least 4 members (excludes halogenated alkanes) is 1. The van der Waals surface area contributed by atoms with Crippen molar-refractivity contribution in [1.29, 1.82) is 0 Å². The van der Waals surface area contributed by atoms with E-state index in [4.69, 9.17) is 0 Å². The molecule has 4 rings (SSSR count). The molecule has 0 radical (unpaired) electrons. The molecule has 2 aliphatic rings. The molecular weight excluding hydrogens is 386 g/mol. The molecule has 2 aromatic rings. The zero-order chi connectivity index (χ0) is 21.8. The lowest BCUT2D eigenvalue weighted by Crippen LogP contribution is -2.17. The van der Waals surface area contributed by atoms with Crippen molar-refractivity contribution in [3.05, 3.63) is 69.8 Å². The highest BCUT2D eigenvalue weighted by Crippen LogP contribution is 2.41. The fourth-order valence-electron chi connectivity index (χ4n) is 6.01. The van der Waals surface area contributed by atoms with Gasteiger partial charge in [-0.25, -0.2) is 8.78 Å². The first-order chi connectivity index (χ1) is 15.1. The number of fused-ring (bicyclic) bond motifs is 1. The van der Waals surface area contributed by atoms with Gasteiger partial charge in [0.2, 0.25) is 0 Å². The summed E-state index contributed by atoms with van der Waals surface area (Å²) in [5.74, 6) is 0.437. The number of benzene rings is 2. The molecule has 0 nitrogen and oxygen atoms in total. The van der Waals surface area contributed by atoms with E-state index in [0.29, 0.717) is 11.5 Å². The molecule has 1 fully saturated rings. The summed E-state index contributed by atoms with van der Waals surface area (Å²) in [5.41, 5.74) is 5.23. The summed E-state index contributed by atoms with van der Waals surface area (Å²) in [5, 5.41) is 0. The lowest BCUT2D eigenvalue weighted by Gasteiger charge is -2.30. The van der Waals surface area contributed by atoms with Crippen LogP contribution >= 0.6 is 0 Å². The Hall–Kier alpha value is -1.70. The van der Waals surface area contributed by atoms with Crippen LogP contribution in [0, 0.1) is 17.6 Å². The zero-order valence-electron chi connectivity index (χ0n) is 19.4. The predicted molar refractivity (Wildman–Crippen MR) is 126 cm³/mol. The van der Waals surface area contributed by atoms with Crippen LogP contribution in [0.3, 0.4) is 0 Å². The summed E-state index contributed by atoms with van der Waals surface area (Å²) in [7, 11) is 0. The molecule has 0 bridgehead atoms. The quantitative estimate of drug-likeness (QED) is 0.417. The normalized spacial score (nSPS) is 23.5. The van der Waals surface area contributed by atoms with Gasteiger partial charge >= 0.3 is 0 Å². The number of hydrogen-bond acceptors (Lipinski definition) is 0. The van der Waals surface area contributed by atoms with E-state index >= 15 is 8.78 Å². The summed E-state index contributed by atoms with van der Waals surface area (Å²) in [6.07, 6.45) is 13.2. The van der Waals surface area contributed by atoms with E-state index in [9.17, 15) is 0 Å². The minimum Gasteiger partial charge on any atom is -0.207 e. The second-order valence-electron chi connectivity index (χ2n) is 10.1. The zero-order valence-corrected chi connectivity index (χ0v) is 19.4. The monoisotopic (exact) mass is 424 g/mol. The lowest BCUT2D eigenvalue weighted by molar-refractivity contribution is 0.303. The van der Waals surface area contributed by atoms with Gasteiger partial charge < -0.3 is 0 Å². The van der Waals surface area contributed by atoms with E-state index < -0.39 is 0 Å². The third-order valence-corrected chi connectivity index (χ3v) is 7.83. The highest BCUT2D eigenvalue weighted by Gasteiger charge is 2.28. The Morgan fingerprint density at radius 1 is 0.806 bits per heavy atom. The summed E-state index contributed by atoms with van der Waals surface area (Å²) in [4.78, 5) is 0. The smallest absolute Gasteiger partial charge is 0.129 e. The largest absolute Gasteiger partial charge is 0.207 e. The van der Waals surface area contributed by atoms with Crippen LogP contribution in [-0.4, -0.2) is 0 Å². The number of rotatable bonds is 7. The van der Waals surface area contributed by atoms with E-state index in [-0.39, 0.29) is 17.6 Å². The van der Waals surface area contributed by atoms with Crippen molar-refractivity contribution >= 4 is 0 Å².